The highest BCUT2D eigenvalue weighted by Crippen LogP contribution is 2.36. The molecule has 1 aliphatic rings. The van der Waals surface area contributed by atoms with E-state index in [1.807, 2.05) is 12.4 Å². The highest BCUT2D eigenvalue weighted by atomic mass is 16.5. The minimum atomic E-state index is 0.632. The standard InChI is InChI=1S/C15H24N2O/c1-18-11-10-17-12-15(13-4-2-3-5-13)14-6-8-16-9-7-14/h6-9,13,15,17H,2-5,10-12H2,1H3. The minimum absolute atomic E-state index is 0.632. The predicted octanol–water partition coefficient (Wildman–Crippen LogP) is 2.59. The lowest BCUT2D eigenvalue weighted by molar-refractivity contribution is 0.198. The fourth-order valence-electron chi connectivity index (χ4n) is 2.96. The normalized spacial score (nSPS) is 18.1. The number of nitrogens with one attached hydrogen (secondary N) is 1. The molecule has 3 heteroatoms. The molecule has 2 rings (SSSR count). The van der Waals surface area contributed by atoms with Crippen molar-refractivity contribution >= 4 is 0 Å². The molecule has 0 spiro atoms. The van der Waals surface area contributed by atoms with E-state index in [1.165, 1.54) is 31.2 Å². The summed E-state index contributed by atoms with van der Waals surface area (Å²) >= 11 is 0. The molecule has 0 bridgehead atoms. The van der Waals surface area contributed by atoms with Crippen LogP contribution < -0.4 is 5.32 Å². The first-order chi connectivity index (χ1) is 8.92. The van der Waals surface area contributed by atoms with Gasteiger partial charge in [-0.1, -0.05) is 12.8 Å². The van der Waals surface area contributed by atoms with Crippen molar-refractivity contribution in [2.45, 2.75) is 31.6 Å². The predicted molar refractivity (Wildman–Crippen MR) is 73.7 cm³/mol. The van der Waals surface area contributed by atoms with Crippen LogP contribution in [-0.2, 0) is 4.74 Å². The summed E-state index contributed by atoms with van der Waals surface area (Å²) < 4.78 is 5.08. The van der Waals surface area contributed by atoms with Crippen LogP contribution in [-0.4, -0.2) is 31.8 Å². The summed E-state index contributed by atoms with van der Waals surface area (Å²) in [6.07, 6.45) is 9.35. The van der Waals surface area contributed by atoms with Crippen molar-refractivity contribution in [3.63, 3.8) is 0 Å². The van der Waals surface area contributed by atoms with Crippen LogP contribution in [0.15, 0.2) is 24.5 Å². The van der Waals surface area contributed by atoms with Crippen LogP contribution in [0.2, 0.25) is 0 Å². The monoisotopic (exact) mass is 248 g/mol. The van der Waals surface area contributed by atoms with E-state index >= 15 is 0 Å². The first kappa shape index (κ1) is 13.5. The van der Waals surface area contributed by atoms with E-state index in [0.29, 0.717) is 5.92 Å². The lowest BCUT2D eigenvalue weighted by atomic mass is 9.85. The molecule has 0 radical (unpaired) electrons. The van der Waals surface area contributed by atoms with Crippen LogP contribution in [0.3, 0.4) is 0 Å². The molecule has 1 unspecified atom stereocenters. The third-order valence-electron chi connectivity index (χ3n) is 3.95. The highest BCUT2D eigenvalue weighted by Gasteiger charge is 2.25. The number of hydrogen-bond acceptors (Lipinski definition) is 3. The molecule has 0 aliphatic heterocycles. The Kier molecular flexibility index (Phi) is 5.62. The maximum absolute atomic E-state index is 5.08. The van der Waals surface area contributed by atoms with Gasteiger partial charge in [-0.3, -0.25) is 4.98 Å². The average molecular weight is 248 g/mol. The number of hydrogen-bond donors (Lipinski definition) is 1. The SMILES string of the molecule is COCCNCC(c1ccncc1)C1CCCC1. The van der Waals surface area contributed by atoms with Gasteiger partial charge in [-0.2, -0.15) is 0 Å². The fraction of sp³-hybridized carbons (Fsp3) is 0.667. The number of aromatic nitrogens is 1. The van der Waals surface area contributed by atoms with Crippen LogP contribution >= 0.6 is 0 Å². The molecule has 0 saturated heterocycles. The van der Waals surface area contributed by atoms with Gasteiger partial charge in [-0.25, -0.2) is 0 Å². The topological polar surface area (TPSA) is 34.1 Å². The van der Waals surface area contributed by atoms with Crippen molar-refractivity contribution in [1.29, 1.82) is 0 Å². The second-order valence-corrected chi connectivity index (χ2v) is 5.13. The molecular weight excluding hydrogens is 224 g/mol. The molecule has 1 N–H and O–H groups in total. The van der Waals surface area contributed by atoms with Crippen molar-refractivity contribution in [3.8, 4) is 0 Å². The maximum atomic E-state index is 5.08. The van der Waals surface area contributed by atoms with Gasteiger partial charge in [0.2, 0.25) is 0 Å². The lowest BCUT2D eigenvalue weighted by Crippen LogP contribution is -2.28. The van der Waals surface area contributed by atoms with Crippen LogP contribution in [0.25, 0.3) is 0 Å². The third kappa shape index (κ3) is 3.79. The number of methoxy groups -OCH3 is 1. The molecule has 1 aliphatic carbocycles. The summed E-state index contributed by atoms with van der Waals surface area (Å²) in [5.41, 5.74) is 1.43. The Morgan fingerprint density at radius 1 is 1.33 bits per heavy atom. The van der Waals surface area contributed by atoms with Gasteiger partial charge >= 0.3 is 0 Å². The van der Waals surface area contributed by atoms with Gasteiger partial charge < -0.3 is 10.1 Å². The molecule has 1 aromatic rings. The Morgan fingerprint density at radius 3 is 2.72 bits per heavy atom. The first-order valence-electron chi connectivity index (χ1n) is 7.01. The molecule has 100 valence electrons. The van der Waals surface area contributed by atoms with Gasteiger partial charge in [-0.05, 0) is 42.4 Å². The van der Waals surface area contributed by atoms with Crippen LogP contribution in [0.1, 0.15) is 37.2 Å². The van der Waals surface area contributed by atoms with E-state index in [0.717, 1.165) is 25.6 Å². The molecule has 0 amide bonds. The average Bonchev–Trinajstić information content (AvgIpc) is 2.94. The third-order valence-corrected chi connectivity index (χ3v) is 3.95. The van der Waals surface area contributed by atoms with Gasteiger partial charge in [0, 0.05) is 32.6 Å². The van der Waals surface area contributed by atoms with Crippen LogP contribution in [0.4, 0.5) is 0 Å². The smallest absolute Gasteiger partial charge is 0.0587 e. The zero-order valence-electron chi connectivity index (χ0n) is 11.3. The molecular formula is C15H24N2O. The summed E-state index contributed by atoms with van der Waals surface area (Å²) in [5, 5.41) is 3.52. The van der Waals surface area contributed by atoms with E-state index in [9.17, 15) is 0 Å². The molecule has 1 saturated carbocycles. The zero-order chi connectivity index (χ0) is 12.6. The number of nitrogens with zero attached hydrogens (tertiary/aromatic N) is 1. The summed E-state index contributed by atoms with van der Waals surface area (Å²) in [5.74, 6) is 1.47. The van der Waals surface area contributed by atoms with E-state index in [4.69, 9.17) is 4.74 Å². The lowest BCUT2D eigenvalue weighted by Gasteiger charge is -2.24. The summed E-state index contributed by atoms with van der Waals surface area (Å²) in [6, 6.07) is 4.34. The van der Waals surface area contributed by atoms with Crippen molar-refractivity contribution in [1.82, 2.24) is 10.3 Å². The quantitative estimate of drug-likeness (QED) is 0.753. The van der Waals surface area contributed by atoms with E-state index in [-0.39, 0.29) is 0 Å². The molecule has 18 heavy (non-hydrogen) atoms. The van der Waals surface area contributed by atoms with Crippen molar-refractivity contribution < 1.29 is 4.74 Å². The van der Waals surface area contributed by atoms with E-state index < -0.39 is 0 Å². The second-order valence-electron chi connectivity index (χ2n) is 5.13. The molecule has 1 heterocycles. The molecule has 1 atom stereocenters. The summed E-state index contributed by atoms with van der Waals surface area (Å²) in [6.45, 7) is 2.77. The summed E-state index contributed by atoms with van der Waals surface area (Å²) in [7, 11) is 1.75. The van der Waals surface area contributed by atoms with Gasteiger partial charge in [-0.15, -0.1) is 0 Å². The number of rotatable bonds is 7. The number of ether oxygens (including phenoxy) is 1. The Labute approximate surface area is 110 Å². The molecule has 3 nitrogen and oxygen atoms in total. The van der Waals surface area contributed by atoms with Gasteiger partial charge in [0.15, 0.2) is 0 Å². The Hall–Kier alpha value is -0.930. The second kappa shape index (κ2) is 7.49. The van der Waals surface area contributed by atoms with Crippen LogP contribution in [0.5, 0.6) is 0 Å². The van der Waals surface area contributed by atoms with E-state index in [1.54, 1.807) is 7.11 Å². The van der Waals surface area contributed by atoms with Crippen molar-refractivity contribution in [2.24, 2.45) is 5.92 Å². The maximum Gasteiger partial charge on any atom is 0.0587 e. The van der Waals surface area contributed by atoms with Crippen molar-refractivity contribution in [2.75, 3.05) is 26.8 Å². The van der Waals surface area contributed by atoms with E-state index in [2.05, 4.69) is 22.4 Å². The van der Waals surface area contributed by atoms with Gasteiger partial charge in [0.1, 0.15) is 0 Å². The Bertz CT molecular complexity index is 323. The van der Waals surface area contributed by atoms with Gasteiger partial charge in [0.25, 0.3) is 0 Å². The first-order valence-corrected chi connectivity index (χ1v) is 7.01. The molecule has 1 aromatic heterocycles. The highest BCUT2D eigenvalue weighted by molar-refractivity contribution is 5.17. The van der Waals surface area contributed by atoms with Crippen molar-refractivity contribution in [3.05, 3.63) is 30.1 Å². The Balaban J connectivity index is 1.94. The molecule has 0 aromatic carbocycles. The van der Waals surface area contributed by atoms with Gasteiger partial charge in [0.05, 0.1) is 6.61 Å². The number of pyridine rings is 1. The molecule has 1 fully saturated rings. The summed E-state index contributed by atoms with van der Waals surface area (Å²) in [4.78, 5) is 4.12. The van der Waals surface area contributed by atoms with Crippen LogP contribution in [0, 0.1) is 5.92 Å². The Morgan fingerprint density at radius 2 is 2.06 bits per heavy atom. The largest absolute Gasteiger partial charge is 0.383 e. The zero-order valence-corrected chi connectivity index (χ0v) is 11.3. The fourth-order valence-corrected chi connectivity index (χ4v) is 2.96. The minimum Gasteiger partial charge on any atom is -0.383 e.